The molecule has 8 heteroatoms. The van der Waals surface area contributed by atoms with Crippen molar-refractivity contribution >= 4 is 5.91 Å². The summed E-state index contributed by atoms with van der Waals surface area (Å²) in [6, 6.07) is 15.1. The lowest BCUT2D eigenvalue weighted by Gasteiger charge is -2.26. The number of fused-ring (bicyclic) bond motifs is 2. The molecule has 2 aliphatic rings. The summed E-state index contributed by atoms with van der Waals surface area (Å²) < 4.78 is 24.3. The fourth-order valence-corrected chi connectivity index (χ4v) is 3.54. The zero-order valence-corrected chi connectivity index (χ0v) is 16.2. The Hall–Kier alpha value is -3.52. The third-order valence-electron chi connectivity index (χ3n) is 5.08. The number of nitrogens with zero attached hydrogens (tertiary/aromatic N) is 2. The molecular formula is C22H21N3O5. The van der Waals surface area contributed by atoms with Crippen molar-refractivity contribution in [2.75, 3.05) is 19.9 Å². The molecule has 3 aromatic rings. The molecule has 1 amide bonds. The van der Waals surface area contributed by atoms with Gasteiger partial charge in [-0.1, -0.05) is 18.2 Å². The molecule has 0 aliphatic carbocycles. The van der Waals surface area contributed by atoms with Crippen LogP contribution < -0.4 is 19.5 Å². The van der Waals surface area contributed by atoms with E-state index >= 15 is 0 Å². The van der Waals surface area contributed by atoms with Gasteiger partial charge < -0.3 is 28.8 Å². The minimum Gasteiger partial charge on any atom is -0.484 e. The molecule has 2 aromatic carbocycles. The van der Waals surface area contributed by atoms with E-state index in [2.05, 4.69) is 14.9 Å². The fraction of sp³-hybridized carbons (Fsp3) is 0.273. The Kier molecular flexibility index (Phi) is 4.98. The van der Waals surface area contributed by atoms with Crippen LogP contribution in [0.3, 0.4) is 0 Å². The molecule has 0 fully saturated rings. The van der Waals surface area contributed by atoms with Crippen LogP contribution >= 0.6 is 0 Å². The number of para-hydroxylation sites is 1. The van der Waals surface area contributed by atoms with Gasteiger partial charge >= 0.3 is 0 Å². The summed E-state index contributed by atoms with van der Waals surface area (Å²) in [6.07, 6.45) is 1.69. The van der Waals surface area contributed by atoms with E-state index in [0.29, 0.717) is 25.4 Å². The quantitative estimate of drug-likeness (QED) is 0.676. The van der Waals surface area contributed by atoms with Gasteiger partial charge in [-0.2, -0.15) is 0 Å². The number of benzene rings is 2. The lowest BCUT2D eigenvalue weighted by Crippen LogP contribution is -2.40. The molecule has 30 heavy (non-hydrogen) atoms. The maximum Gasteiger partial charge on any atom is 0.258 e. The SMILES string of the molecule is O=C(COc1ccccc1)NC[C@H]1Cn2c(-c3ccc4c(c3)OCO4)cnc2CO1. The summed E-state index contributed by atoms with van der Waals surface area (Å²) in [6.45, 7) is 1.60. The Morgan fingerprint density at radius 1 is 1.17 bits per heavy atom. The number of carbonyl (C=O) groups is 1. The van der Waals surface area contributed by atoms with E-state index in [1.54, 1.807) is 0 Å². The molecule has 154 valence electrons. The van der Waals surface area contributed by atoms with Crippen LogP contribution in [0.1, 0.15) is 5.82 Å². The van der Waals surface area contributed by atoms with Gasteiger partial charge in [-0.3, -0.25) is 4.79 Å². The molecule has 1 atom stereocenters. The van der Waals surface area contributed by atoms with Crippen molar-refractivity contribution in [1.29, 1.82) is 0 Å². The number of carbonyl (C=O) groups excluding carboxylic acids is 1. The standard InChI is InChI=1S/C22H21N3O5/c26-22(13-28-16-4-2-1-3-5-16)24-9-17-11-25-18(10-23-21(25)12-27-17)15-6-7-19-20(8-15)30-14-29-19/h1-8,10,17H,9,11-14H2,(H,24,26)/t17-/m0/s1. The van der Waals surface area contributed by atoms with Crippen molar-refractivity contribution in [3.63, 3.8) is 0 Å². The molecule has 0 saturated carbocycles. The summed E-state index contributed by atoms with van der Waals surface area (Å²) in [5.74, 6) is 2.82. The van der Waals surface area contributed by atoms with E-state index in [-0.39, 0.29) is 25.4 Å². The second-order valence-corrected chi connectivity index (χ2v) is 7.08. The van der Waals surface area contributed by atoms with Crippen molar-refractivity contribution in [3.8, 4) is 28.5 Å². The summed E-state index contributed by atoms with van der Waals surface area (Å²) in [7, 11) is 0. The third-order valence-corrected chi connectivity index (χ3v) is 5.08. The van der Waals surface area contributed by atoms with Gasteiger partial charge in [0.1, 0.15) is 18.2 Å². The number of hydrogen-bond donors (Lipinski definition) is 1. The maximum atomic E-state index is 12.1. The highest BCUT2D eigenvalue weighted by molar-refractivity contribution is 5.77. The highest BCUT2D eigenvalue weighted by atomic mass is 16.7. The molecule has 8 nitrogen and oxygen atoms in total. The number of ether oxygens (including phenoxy) is 4. The van der Waals surface area contributed by atoms with Crippen LogP contribution in [0.15, 0.2) is 54.7 Å². The van der Waals surface area contributed by atoms with Crippen molar-refractivity contribution in [3.05, 3.63) is 60.6 Å². The monoisotopic (exact) mass is 407 g/mol. The van der Waals surface area contributed by atoms with Crippen LogP contribution in [-0.4, -0.2) is 41.5 Å². The van der Waals surface area contributed by atoms with E-state index < -0.39 is 0 Å². The van der Waals surface area contributed by atoms with E-state index in [1.807, 2.05) is 54.7 Å². The van der Waals surface area contributed by atoms with E-state index in [9.17, 15) is 4.79 Å². The number of amides is 1. The molecule has 0 radical (unpaired) electrons. The summed E-state index contributed by atoms with van der Waals surface area (Å²) in [5, 5.41) is 2.88. The molecule has 5 rings (SSSR count). The second kappa shape index (κ2) is 8.08. The minimum absolute atomic E-state index is 0.0322. The predicted octanol–water partition coefficient (Wildman–Crippen LogP) is 2.37. The lowest BCUT2D eigenvalue weighted by atomic mass is 10.1. The zero-order chi connectivity index (χ0) is 20.3. The van der Waals surface area contributed by atoms with E-state index in [0.717, 1.165) is 28.6 Å². The van der Waals surface area contributed by atoms with Gasteiger partial charge in [-0.05, 0) is 30.3 Å². The minimum atomic E-state index is -0.185. The first-order chi connectivity index (χ1) is 14.8. The Bertz CT molecular complexity index is 1050. The number of nitrogens with one attached hydrogen (secondary N) is 1. The van der Waals surface area contributed by atoms with Crippen LogP contribution in [-0.2, 0) is 22.7 Å². The molecule has 0 unspecified atom stereocenters. The lowest BCUT2D eigenvalue weighted by molar-refractivity contribution is -0.124. The zero-order valence-electron chi connectivity index (χ0n) is 16.2. The summed E-state index contributed by atoms with van der Waals surface area (Å²) in [4.78, 5) is 16.6. The van der Waals surface area contributed by atoms with Crippen molar-refractivity contribution in [2.45, 2.75) is 19.3 Å². The van der Waals surface area contributed by atoms with Gasteiger partial charge in [0.2, 0.25) is 6.79 Å². The smallest absolute Gasteiger partial charge is 0.258 e. The highest BCUT2D eigenvalue weighted by Crippen LogP contribution is 2.36. The molecule has 1 N–H and O–H groups in total. The first kappa shape index (κ1) is 18.5. The van der Waals surface area contributed by atoms with Crippen LogP contribution in [0.25, 0.3) is 11.3 Å². The first-order valence-corrected chi connectivity index (χ1v) is 9.77. The van der Waals surface area contributed by atoms with E-state index in [1.165, 1.54) is 0 Å². The van der Waals surface area contributed by atoms with Crippen molar-refractivity contribution in [1.82, 2.24) is 14.9 Å². The van der Waals surface area contributed by atoms with Crippen molar-refractivity contribution in [2.24, 2.45) is 0 Å². The van der Waals surface area contributed by atoms with Crippen LogP contribution in [0.2, 0.25) is 0 Å². The number of imidazole rings is 1. The Morgan fingerprint density at radius 3 is 2.93 bits per heavy atom. The van der Waals surface area contributed by atoms with Gasteiger partial charge in [0.05, 0.1) is 24.5 Å². The third kappa shape index (κ3) is 3.81. The predicted molar refractivity (Wildman–Crippen MR) is 107 cm³/mol. The molecule has 2 aliphatic heterocycles. The fourth-order valence-electron chi connectivity index (χ4n) is 3.54. The normalized spacial score (nSPS) is 16.7. The average Bonchev–Trinajstić information content (AvgIpc) is 3.43. The Morgan fingerprint density at radius 2 is 2.03 bits per heavy atom. The Balaban J connectivity index is 1.20. The van der Waals surface area contributed by atoms with Gasteiger partial charge in [-0.15, -0.1) is 0 Å². The first-order valence-electron chi connectivity index (χ1n) is 9.77. The topological polar surface area (TPSA) is 83.8 Å². The van der Waals surface area contributed by atoms with Gasteiger partial charge in [0.15, 0.2) is 18.1 Å². The van der Waals surface area contributed by atoms with Crippen LogP contribution in [0.5, 0.6) is 17.2 Å². The van der Waals surface area contributed by atoms with Gasteiger partial charge in [-0.25, -0.2) is 4.98 Å². The number of aromatic nitrogens is 2. The van der Waals surface area contributed by atoms with Crippen molar-refractivity contribution < 1.29 is 23.7 Å². The Labute approximate surface area is 173 Å². The molecule has 0 saturated heterocycles. The van der Waals surface area contributed by atoms with Gasteiger partial charge in [0.25, 0.3) is 5.91 Å². The van der Waals surface area contributed by atoms with Gasteiger partial charge in [0, 0.05) is 12.1 Å². The molecule has 0 spiro atoms. The summed E-state index contributed by atoms with van der Waals surface area (Å²) >= 11 is 0. The van der Waals surface area contributed by atoms with E-state index in [4.69, 9.17) is 18.9 Å². The largest absolute Gasteiger partial charge is 0.484 e. The van der Waals surface area contributed by atoms with Crippen LogP contribution in [0, 0.1) is 0 Å². The number of hydrogen-bond acceptors (Lipinski definition) is 6. The maximum absolute atomic E-state index is 12.1. The molecule has 0 bridgehead atoms. The molecular weight excluding hydrogens is 386 g/mol. The average molecular weight is 407 g/mol. The van der Waals surface area contributed by atoms with Crippen LogP contribution in [0.4, 0.5) is 0 Å². The molecule has 3 heterocycles. The highest BCUT2D eigenvalue weighted by Gasteiger charge is 2.24. The summed E-state index contributed by atoms with van der Waals surface area (Å²) in [5.41, 5.74) is 1.98. The number of rotatable bonds is 6. The second-order valence-electron chi connectivity index (χ2n) is 7.08. The molecule has 1 aromatic heterocycles.